The maximum Gasteiger partial charge on any atom is 0.280 e. The number of phenols is 1. The zero-order valence-electron chi connectivity index (χ0n) is 13.2. The molecule has 25 heavy (non-hydrogen) atoms. The molecule has 2 N–H and O–H groups in total. The van der Waals surface area contributed by atoms with Gasteiger partial charge in [-0.2, -0.15) is 18.4 Å². The Morgan fingerprint density at radius 2 is 1.88 bits per heavy atom. The van der Waals surface area contributed by atoms with Gasteiger partial charge in [0.05, 0.1) is 20.4 Å². The van der Waals surface area contributed by atoms with Crippen molar-refractivity contribution in [2.24, 2.45) is 5.10 Å². The van der Waals surface area contributed by atoms with Gasteiger partial charge >= 0.3 is 0 Å². The van der Waals surface area contributed by atoms with Crippen LogP contribution in [0.1, 0.15) is 5.56 Å². The molecule has 0 aromatic heterocycles. The highest BCUT2D eigenvalue weighted by molar-refractivity contribution is 9.10. The normalized spacial score (nSPS) is 11.5. The van der Waals surface area contributed by atoms with Crippen LogP contribution in [0.3, 0.4) is 0 Å². The lowest BCUT2D eigenvalue weighted by Crippen LogP contribution is -2.19. The lowest BCUT2D eigenvalue weighted by Gasteiger charge is -2.09. The first kappa shape index (κ1) is 19.4. The second-order valence-corrected chi connectivity index (χ2v) is 7.68. The van der Waals surface area contributed by atoms with E-state index in [1.54, 1.807) is 12.1 Å². The molecule has 7 nitrogen and oxygen atoms in total. The van der Waals surface area contributed by atoms with Gasteiger partial charge in [-0.25, -0.2) is 0 Å². The van der Waals surface area contributed by atoms with Crippen LogP contribution >= 0.6 is 27.5 Å². The SMILES string of the molecule is COc1ccc(Cl)cc1S(=O)(=O)N/N=C/c1cc(Br)cc(OC)c1O. The molecule has 0 aliphatic carbocycles. The number of hydrazone groups is 1. The van der Waals surface area contributed by atoms with Crippen molar-refractivity contribution in [3.05, 3.63) is 45.4 Å². The van der Waals surface area contributed by atoms with E-state index in [-0.39, 0.29) is 32.7 Å². The average molecular weight is 450 g/mol. The molecule has 0 fully saturated rings. The van der Waals surface area contributed by atoms with Crippen molar-refractivity contribution in [3.63, 3.8) is 0 Å². The predicted molar refractivity (Wildman–Crippen MR) is 98.3 cm³/mol. The largest absolute Gasteiger partial charge is 0.504 e. The number of aromatic hydroxyl groups is 1. The van der Waals surface area contributed by atoms with E-state index in [1.807, 2.05) is 4.83 Å². The summed E-state index contributed by atoms with van der Waals surface area (Å²) < 4.78 is 35.4. The molecule has 134 valence electrons. The topological polar surface area (TPSA) is 97.2 Å². The van der Waals surface area contributed by atoms with Gasteiger partial charge in [-0.15, -0.1) is 0 Å². The standard InChI is InChI=1S/C15H14BrClN2O5S/c1-23-12-4-3-11(17)7-14(12)25(21,22)19-18-8-9-5-10(16)6-13(24-2)15(9)20/h3-8,19-20H,1-2H3/b18-8+. The Morgan fingerprint density at radius 1 is 1.20 bits per heavy atom. The maximum atomic E-state index is 12.4. The molecule has 2 rings (SSSR count). The Bertz CT molecular complexity index is 918. The van der Waals surface area contributed by atoms with Crippen molar-refractivity contribution in [2.75, 3.05) is 14.2 Å². The summed E-state index contributed by atoms with van der Waals surface area (Å²) in [6.07, 6.45) is 1.15. The molecule has 0 amide bonds. The van der Waals surface area contributed by atoms with Gasteiger partial charge in [0.2, 0.25) is 0 Å². The molecule has 0 unspecified atom stereocenters. The van der Waals surface area contributed by atoms with Crippen LogP contribution in [-0.4, -0.2) is 34.0 Å². The van der Waals surface area contributed by atoms with E-state index in [2.05, 4.69) is 21.0 Å². The molecule has 0 saturated carbocycles. The van der Waals surface area contributed by atoms with E-state index in [4.69, 9.17) is 21.1 Å². The molecular weight excluding hydrogens is 436 g/mol. The number of halogens is 2. The third-order valence-corrected chi connectivity index (χ3v) is 5.02. The molecule has 2 aromatic rings. The zero-order chi connectivity index (χ0) is 18.6. The molecule has 10 heteroatoms. The fraction of sp³-hybridized carbons (Fsp3) is 0.133. The second-order valence-electron chi connectivity index (χ2n) is 4.69. The Kier molecular flexibility index (Phi) is 6.15. The van der Waals surface area contributed by atoms with Crippen molar-refractivity contribution in [1.29, 1.82) is 0 Å². The van der Waals surface area contributed by atoms with Gasteiger partial charge in [0.25, 0.3) is 10.0 Å². The van der Waals surface area contributed by atoms with Gasteiger partial charge in [-0.1, -0.05) is 27.5 Å². The number of nitrogens with zero attached hydrogens (tertiary/aromatic N) is 1. The number of rotatable bonds is 6. The van der Waals surface area contributed by atoms with Crippen molar-refractivity contribution in [3.8, 4) is 17.2 Å². The van der Waals surface area contributed by atoms with Crippen LogP contribution < -0.4 is 14.3 Å². The highest BCUT2D eigenvalue weighted by atomic mass is 79.9. The molecule has 2 aromatic carbocycles. The molecule has 0 aliphatic rings. The Hall–Kier alpha value is -1.97. The molecule has 0 spiro atoms. The summed E-state index contributed by atoms with van der Waals surface area (Å²) in [5.74, 6) is 0.170. The first-order chi connectivity index (χ1) is 11.8. The average Bonchev–Trinajstić information content (AvgIpc) is 2.57. The number of hydrogen-bond acceptors (Lipinski definition) is 6. The number of ether oxygens (including phenoxy) is 2. The lowest BCUT2D eigenvalue weighted by atomic mass is 10.2. The fourth-order valence-corrected chi connectivity index (χ4v) is 3.60. The van der Waals surface area contributed by atoms with Gasteiger partial charge < -0.3 is 14.6 Å². The van der Waals surface area contributed by atoms with Gasteiger partial charge in [0.1, 0.15) is 10.6 Å². The van der Waals surface area contributed by atoms with E-state index < -0.39 is 10.0 Å². The van der Waals surface area contributed by atoms with Crippen molar-refractivity contribution >= 4 is 43.8 Å². The minimum Gasteiger partial charge on any atom is -0.504 e. The summed E-state index contributed by atoms with van der Waals surface area (Å²) in [5, 5.41) is 13.9. The number of phenolic OH excluding ortho intramolecular Hbond substituents is 1. The molecule has 0 atom stereocenters. The Morgan fingerprint density at radius 3 is 2.52 bits per heavy atom. The van der Waals surface area contributed by atoms with Crippen LogP contribution in [0.15, 0.2) is 44.8 Å². The summed E-state index contributed by atoms with van der Waals surface area (Å²) in [6, 6.07) is 7.31. The number of benzene rings is 2. The summed E-state index contributed by atoms with van der Waals surface area (Å²) in [6.45, 7) is 0. The monoisotopic (exact) mass is 448 g/mol. The number of nitrogens with one attached hydrogen (secondary N) is 1. The predicted octanol–water partition coefficient (Wildman–Crippen LogP) is 3.14. The van der Waals surface area contributed by atoms with E-state index >= 15 is 0 Å². The third kappa shape index (κ3) is 4.56. The van der Waals surface area contributed by atoms with Crippen molar-refractivity contribution in [2.45, 2.75) is 4.90 Å². The molecular formula is C15H14BrClN2O5S. The van der Waals surface area contributed by atoms with Crippen molar-refractivity contribution in [1.82, 2.24) is 4.83 Å². The molecule has 0 heterocycles. The summed E-state index contributed by atoms with van der Waals surface area (Å²) in [7, 11) is -1.27. The van der Waals surface area contributed by atoms with Crippen LogP contribution in [0.2, 0.25) is 5.02 Å². The molecule has 0 aliphatic heterocycles. The number of methoxy groups -OCH3 is 2. The summed E-state index contributed by atoms with van der Waals surface area (Å²) in [5.41, 5.74) is 0.256. The van der Waals surface area contributed by atoms with Crippen LogP contribution in [0.25, 0.3) is 0 Å². The fourth-order valence-electron chi connectivity index (χ4n) is 1.92. The van der Waals surface area contributed by atoms with Crippen LogP contribution in [0.4, 0.5) is 0 Å². The minimum absolute atomic E-state index is 0.124. The lowest BCUT2D eigenvalue weighted by molar-refractivity contribution is 0.373. The highest BCUT2D eigenvalue weighted by Crippen LogP contribution is 2.32. The van der Waals surface area contributed by atoms with E-state index in [9.17, 15) is 13.5 Å². The van der Waals surface area contributed by atoms with Crippen molar-refractivity contribution < 1.29 is 23.0 Å². The van der Waals surface area contributed by atoms with Crippen LogP contribution in [0, 0.1) is 0 Å². The Balaban J connectivity index is 2.31. The van der Waals surface area contributed by atoms with Gasteiger partial charge in [0.15, 0.2) is 11.5 Å². The summed E-state index contributed by atoms with van der Waals surface area (Å²) in [4.78, 5) is 1.89. The van der Waals surface area contributed by atoms with Gasteiger partial charge in [0, 0.05) is 15.1 Å². The van der Waals surface area contributed by atoms with Gasteiger partial charge in [-0.05, 0) is 30.3 Å². The van der Waals surface area contributed by atoms with E-state index in [1.165, 1.54) is 32.4 Å². The molecule has 0 radical (unpaired) electrons. The highest BCUT2D eigenvalue weighted by Gasteiger charge is 2.19. The zero-order valence-corrected chi connectivity index (χ0v) is 16.3. The first-order valence-electron chi connectivity index (χ1n) is 6.73. The van der Waals surface area contributed by atoms with E-state index in [0.29, 0.717) is 4.47 Å². The third-order valence-electron chi connectivity index (χ3n) is 3.08. The Labute approximate surface area is 158 Å². The quantitative estimate of drug-likeness (QED) is 0.522. The molecule has 0 saturated heterocycles. The minimum atomic E-state index is -4.02. The number of hydrogen-bond donors (Lipinski definition) is 2. The van der Waals surface area contributed by atoms with Crippen LogP contribution in [-0.2, 0) is 10.0 Å². The van der Waals surface area contributed by atoms with E-state index in [0.717, 1.165) is 6.21 Å². The van der Waals surface area contributed by atoms with Crippen LogP contribution in [0.5, 0.6) is 17.2 Å². The second kappa shape index (κ2) is 7.94. The smallest absolute Gasteiger partial charge is 0.280 e. The summed E-state index contributed by atoms with van der Waals surface area (Å²) >= 11 is 9.10. The molecule has 0 bridgehead atoms. The van der Waals surface area contributed by atoms with Gasteiger partial charge in [-0.3, -0.25) is 0 Å². The maximum absolute atomic E-state index is 12.4. The number of sulfonamides is 1. The first-order valence-corrected chi connectivity index (χ1v) is 9.39.